The van der Waals surface area contributed by atoms with E-state index in [1.54, 1.807) is 0 Å². The zero-order valence-electron chi connectivity index (χ0n) is 11.2. The number of nitrogens with one attached hydrogen (secondary N) is 1. The summed E-state index contributed by atoms with van der Waals surface area (Å²) in [4.78, 5) is 12.1. The van der Waals surface area contributed by atoms with Crippen LogP contribution in [0.15, 0.2) is 11.5 Å². The Balaban J connectivity index is 1.83. The minimum absolute atomic E-state index is 0.0555. The Labute approximate surface area is 117 Å². The second-order valence-corrected chi connectivity index (χ2v) is 6.29. The van der Waals surface area contributed by atoms with Crippen molar-refractivity contribution in [2.24, 2.45) is 0 Å². The normalized spacial score (nSPS) is 18.8. The van der Waals surface area contributed by atoms with Gasteiger partial charge in [0.25, 0.3) is 0 Å². The lowest BCUT2D eigenvalue weighted by Crippen LogP contribution is -2.39. The van der Waals surface area contributed by atoms with E-state index in [4.69, 9.17) is 5.84 Å². The summed E-state index contributed by atoms with van der Waals surface area (Å²) < 4.78 is 1.33. The molecular formula is C12H21N5OS. The zero-order valence-corrected chi connectivity index (χ0v) is 12.0. The van der Waals surface area contributed by atoms with Crippen molar-refractivity contribution in [1.82, 2.24) is 20.2 Å². The van der Waals surface area contributed by atoms with E-state index in [1.807, 2.05) is 6.92 Å². The Morgan fingerprint density at radius 2 is 2.16 bits per heavy atom. The fraction of sp³-hybridized carbons (Fsp3) is 0.750. The van der Waals surface area contributed by atoms with E-state index in [0.29, 0.717) is 11.2 Å². The van der Waals surface area contributed by atoms with Crippen LogP contribution >= 0.6 is 11.8 Å². The first-order valence-corrected chi connectivity index (χ1v) is 7.67. The highest BCUT2D eigenvalue weighted by Crippen LogP contribution is 2.21. The van der Waals surface area contributed by atoms with E-state index in [-0.39, 0.29) is 11.2 Å². The molecule has 1 aliphatic carbocycles. The quantitative estimate of drug-likeness (QED) is 0.494. The van der Waals surface area contributed by atoms with E-state index in [0.717, 1.165) is 12.8 Å². The van der Waals surface area contributed by atoms with Gasteiger partial charge in [0.05, 0.1) is 5.25 Å². The minimum Gasteiger partial charge on any atom is -0.352 e. The SMILES string of the molecule is C[C@H](Sc1nncn1N)C(=O)NC1CCCCCC1. The molecule has 0 saturated heterocycles. The monoisotopic (exact) mass is 283 g/mol. The Morgan fingerprint density at radius 3 is 2.74 bits per heavy atom. The van der Waals surface area contributed by atoms with Crippen LogP contribution in [0, 0.1) is 0 Å². The standard InChI is InChI=1S/C12H21N5OS/c1-9(19-12-16-14-8-17(12)13)11(18)15-10-6-4-2-3-5-7-10/h8-10H,2-7,13H2,1H3,(H,15,18)/t9-/m0/s1. The van der Waals surface area contributed by atoms with Crippen molar-refractivity contribution < 1.29 is 4.79 Å². The third-order valence-electron chi connectivity index (χ3n) is 3.39. The summed E-state index contributed by atoms with van der Waals surface area (Å²) in [6.45, 7) is 1.87. The number of hydrogen-bond donors (Lipinski definition) is 2. The number of nitrogens with zero attached hydrogens (tertiary/aromatic N) is 3. The summed E-state index contributed by atoms with van der Waals surface area (Å²) in [7, 11) is 0. The fourth-order valence-electron chi connectivity index (χ4n) is 2.27. The van der Waals surface area contributed by atoms with Gasteiger partial charge in [-0.25, -0.2) is 4.68 Å². The number of rotatable bonds is 4. The average Bonchev–Trinajstić information content (AvgIpc) is 2.65. The maximum absolute atomic E-state index is 12.1. The van der Waals surface area contributed by atoms with Gasteiger partial charge in [-0.2, -0.15) is 0 Å². The zero-order chi connectivity index (χ0) is 13.7. The number of nitrogens with two attached hydrogens (primary N) is 1. The lowest BCUT2D eigenvalue weighted by Gasteiger charge is -2.18. The van der Waals surface area contributed by atoms with Gasteiger partial charge in [0.15, 0.2) is 0 Å². The summed E-state index contributed by atoms with van der Waals surface area (Å²) in [5.74, 6) is 5.69. The van der Waals surface area contributed by atoms with Crippen LogP contribution in [0.3, 0.4) is 0 Å². The van der Waals surface area contributed by atoms with Crippen LogP contribution in [0.5, 0.6) is 0 Å². The molecule has 0 bridgehead atoms. The summed E-state index contributed by atoms with van der Waals surface area (Å²) in [5, 5.41) is 11.0. The Hall–Kier alpha value is -1.24. The average molecular weight is 283 g/mol. The number of amides is 1. The summed E-state index contributed by atoms with van der Waals surface area (Å²) in [6.07, 6.45) is 8.61. The molecule has 1 atom stereocenters. The van der Waals surface area contributed by atoms with Gasteiger partial charge in [0.2, 0.25) is 11.1 Å². The molecular weight excluding hydrogens is 262 g/mol. The highest BCUT2D eigenvalue weighted by atomic mass is 32.2. The smallest absolute Gasteiger partial charge is 0.233 e. The molecule has 1 aliphatic rings. The van der Waals surface area contributed by atoms with E-state index in [9.17, 15) is 4.79 Å². The van der Waals surface area contributed by atoms with E-state index >= 15 is 0 Å². The molecule has 0 unspecified atom stereocenters. The van der Waals surface area contributed by atoms with Crippen LogP contribution in [0.1, 0.15) is 45.4 Å². The number of thioether (sulfide) groups is 1. The van der Waals surface area contributed by atoms with Crippen LogP contribution in [-0.2, 0) is 4.79 Å². The molecule has 1 aromatic rings. The number of nitrogen functional groups attached to an aromatic ring is 1. The molecule has 2 rings (SSSR count). The lowest BCUT2D eigenvalue weighted by molar-refractivity contribution is -0.121. The second-order valence-electron chi connectivity index (χ2n) is 4.98. The van der Waals surface area contributed by atoms with Crippen molar-refractivity contribution in [1.29, 1.82) is 0 Å². The number of aromatic nitrogens is 3. The van der Waals surface area contributed by atoms with Gasteiger partial charge in [-0.3, -0.25) is 4.79 Å². The largest absolute Gasteiger partial charge is 0.352 e. The van der Waals surface area contributed by atoms with E-state index in [2.05, 4.69) is 15.5 Å². The number of hydrogen-bond acceptors (Lipinski definition) is 5. The van der Waals surface area contributed by atoms with Crippen LogP contribution in [-0.4, -0.2) is 32.1 Å². The van der Waals surface area contributed by atoms with Crippen molar-refractivity contribution in [3.63, 3.8) is 0 Å². The van der Waals surface area contributed by atoms with Gasteiger partial charge >= 0.3 is 0 Å². The summed E-state index contributed by atoms with van der Waals surface area (Å²) >= 11 is 1.33. The molecule has 0 radical (unpaired) electrons. The molecule has 6 nitrogen and oxygen atoms in total. The molecule has 106 valence electrons. The van der Waals surface area contributed by atoms with Gasteiger partial charge in [-0.05, 0) is 19.8 Å². The Kier molecular flexibility index (Phi) is 5.07. The van der Waals surface area contributed by atoms with Crippen LogP contribution in [0.25, 0.3) is 0 Å². The molecule has 1 saturated carbocycles. The predicted molar refractivity (Wildman–Crippen MR) is 75.1 cm³/mol. The van der Waals surface area contributed by atoms with Gasteiger partial charge in [0, 0.05) is 6.04 Å². The van der Waals surface area contributed by atoms with E-state index in [1.165, 1.54) is 48.4 Å². The molecule has 7 heteroatoms. The first kappa shape index (κ1) is 14.2. The minimum atomic E-state index is -0.213. The molecule has 0 aliphatic heterocycles. The van der Waals surface area contributed by atoms with Crippen molar-refractivity contribution >= 4 is 17.7 Å². The van der Waals surface area contributed by atoms with E-state index < -0.39 is 0 Å². The van der Waals surface area contributed by atoms with Gasteiger partial charge < -0.3 is 11.2 Å². The van der Waals surface area contributed by atoms with Gasteiger partial charge in [-0.1, -0.05) is 37.4 Å². The molecule has 0 aromatic carbocycles. The van der Waals surface area contributed by atoms with Gasteiger partial charge in [-0.15, -0.1) is 10.2 Å². The predicted octanol–water partition coefficient (Wildman–Crippen LogP) is 1.31. The molecule has 1 aromatic heterocycles. The summed E-state index contributed by atoms with van der Waals surface area (Å²) in [6, 6.07) is 0.328. The fourth-order valence-corrected chi connectivity index (χ4v) is 3.02. The molecule has 3 N–H and O–H groups in total. The molecule has 1 amide bonds. The number of carbonyl (C=O) groups is 1. The Bertz CT molecular complexity index is 414. The first-order chi connectivity index (χ1) is 9.16. The van der Waals surface area contributed by atoms with Crippen LogP contribution in [0.4, 0.5) is 0 Å². The maximum atomic E-state index is 12.1. The lowest BCUT2D eigenvalue weighted by atomic mass is 10.1. The third-order valence-corrected chi connectivity index (χ3v) is 4.46. The van der Waals surface area contributed by atoms with Crippen molar-refractivity contribution in [3.05, 3.63) is 6.33 Å². The van der Waals surface area contributed by atoms with Crippen LogP contribution < -0.4 is 11.2 Å². The third kappa shape index (κ3) is 4.12. The highest BCUT2D eigenvalue weighted by Gasteiger charge is 2.21. The van der Waals surface area contributed by atoms with Crippen molar-refractivity contribution in [2.75, 3.05) is 5.84 Å². The number of carbonyl (C=O) groups excluding carboxylic acids is 1. The molecule has 1 fully saturated rings. The highest BCUT2D eigenvalue weighted by molar-refractivity contribution is 8.00. The van der Waals surface area contributed by atoms with Crippen molar-refractivity contribution in [3.8, 4) is 0 Å². The van der Waals surface area contributed by atoms with Crippen molar-refractivity contribution in [2.45, 2.75) is 61.9 Å². The van der Waals surface area contributed by atoms with Crippen LogP contribution in [0.2, 0.25) is 0 Å². The maximum Gasteiger partial charge on any atom is 0.233 e. The molecule has 0 spiro atoms. The topological polar surface area (TPSA) is 85.8 Å². The summed E-state index contributed by atoms with van der Waals surface area (Å²) in [5.41, 5.74) is 0. The second kappa shape index (κ2) is 6.79. The molecule has 1 heterocycles. The van der Waals surface area contributed by atoms with Gasteiger partial charge in [0.1, 0.15) is 6.33 Å². The molecule has 19 heavy (non-hydrogen) atoms. The first-order valence-electron chi connectivity index (χ1n) is 6.79. The Morgan fingerprint density at radius 1 is 1.47 bits per heavy atom.